The van der Waals surface area contributed by atoms with Gasteiger partial charge in [-0.15, -0.1) is 4.40 Å². The zero-order chi connectivity index (χ0) is 19.6. The highest BCUT2D eigenvalue weighted by molar-refractivity contribution is 7.90. The summed E-state index contributed by atoms with van der Waals surface area (Å²) < 4.78 is 32.8. The van der Waals surface area contributed by atoms with Crippen LogP contribution < -0.4 is 10.8 Å². The van der Waals surface area contributed by atoms with E-state index in [0.717, 1.165) is 5.56 Å². The molecule has 1 amide bonds. The summed E-state index contributed by atoms with van der Waals surface area (Å²) in [5.41, 5.74) is 2.29. The second kappa shape index (κ2) is 7.51. The molecule has 0 atom stereocenters. The van der Waals surface area contributed by atoms with E-state index in [1.54, 1.807) is 32.3 Å². The van der Waals surface area contributed by atoms with E-state index in [2.05, 4.69) is 9.71 Å². The van der Waals surface area contributed by atoms with Crippen molar-refractivity contribution < 1.29 is 22.9 Å². The highest BCUT2D eigenvalue weighted by Gasteiger charge is 2.27. The Morgan fingerprint density at radius 3 is 2.63 bits per heavy atom. The molecule has 2 aromatic carbocycles. The molecule has 1 heterocycles. The van der Waals surface area contributed by atoms with Crippen LogP contribution in [0.5, 0.6) is 0 Å². The van der Waals surface area contributed by atoms with Gasteiger partial charge in [-0.2, -0.15) is 8.42 Å². The molecule has 0 bridgehead atoms. The van der Waals surface area contributed by atoms with Crippen molar-refractivity contribution in [2.75, 3.05) is 19.4 Å². The fourth-order valence-corrected chi connectivity index (χ4v) is 3.41. The maximum absolute atomic E-state index is 12.4. The molecular formula is C17H18BN3O5S. The van der Waals surface area contributed by atoms with Crippen molar-refractivity contribution in [2.24, 2.45) is 4.40 Å². The molecule has 2 aromatic rings. The van der Waals surface area contributed by atoms with Gasteiger partial charge in [-0.05, 0) is 47.4 Å². The molecule has 3 rings (SSSR count). The number of hydrogen-bond donors (Lipinski definition) is 2. The smallest absolute Gasteiger partial charge is 0.423 e. The lowest BCUT2D eigenvalue weighted by molar-refractivity contribution is 0.102. The van der Waals surface area contributed by atoms with Gasteiger partial charge >= 0.3 is 7.12 Å². The minimum atomic E-state index is -3.82. The predicted molar refractivity (Wildman–Crippen MR) is 103 cm³/mol. The number of carbonyl (C=O) groups excluding carboxylic acids is 1. The van der Waals surface area contributed by atoms with Crippen LogP contribution in [0.25, 0.3) is 0 Å². The van der Waals surface area contributed by atoms with Gasteiger partial charge in [0.25, 0.3) is 15.9 Å². The van der Waals surface area contributed by atoms with Crippen molar-refractivity contribution in [3.8, 4) is 0 Å². The van der Waals surface area contributed by atoms with E-state index in [1.165, 1.54) is 35.5 Å². The van der Waals surface area contributed by atoms with Crippen molar-refractivity contribution in [3.63, 3.8) is 0 Å². The third-order valence-electron chi connectivity index (χ3n) is 3.90. The zero-order valence-corrected chi connectivity index (χ0v) is 15.6. The average Bonchev–Trinajstić information content (AvgIpc) is 3.01. The van der Waals surface area contributed by atoms with Gasteiger partial charge in [-0.3, -0.25) is 4.79 Å². The first-order chi connectivity index (χ1) is 12.8. The molecule has 0 radical (unpaired) electrons. The van der Waals surface area contributed by atoms with Crippen LogP contribution in [0.2, 0.25) is 0 Å². The summed E-state index contributed by atoms with van der Waals surface area (Å²) in [6, 6.07) is 10.6. The molecule has 10 heteroatoms. The number of nitrogens with zero attached hydrogens (tertiary/aromatic N) is 2. The summed E-state index contributed by atoms with van der Waals surface area (Å²) in [7, 11) is -1.49. The molecule has 0 saturated heterocycles. The van der Waals surface area contributed by atoms with Crippen LogP contribution in [-0.4, -0.2) is 51.8 Å². The number of hydrogen-bond acceptors (Lipinski definition) is 5. The molecule has 140 valence electrons. The Balaban J connectivity index is 1.74. The Kier molecular flexibility index (Phi) is 5.31. The van der Waals surface area contributed by atoms with Gasteiger partial charge in [-0.1, -0.05) is 6.07 Å². The summed E-state index contributed by atoms with van der Waals surface area (Å²) in [5, 5.41) is 12.5. The molecule has 0 aliphatic carbocycles. The van der Waals surface area contributed by atoms with Gasteiger partial charge in [0, 0.05) is 25.3 Å². The van der Waals surface area contributed by atoms with Crippen molar-refractivity contribution in [2.45, 2.75) is 11.5 Å². The summed E-state index contributed by atoms with van der Waals surface area (Å²) in [5.74, 6) is -0.399. The molecule has 2 N–H and O–H groups in total. The van der Waals surface area contributed by atoms with Crippen molar-refractivity contribution in [1.29, 1.82) is 0 Å². The molecular weight excluding hydrogens is 369 g/mol. The van der Waals surface area contributed by atoms with Crippen molar-refractivity contribution in [3.05, 3.63) is 53.6 Å². The Hall–Kier alpha value is -2.69. The number of nitrogens with one attached hydrogen (secondary N) is 1. The number of rotatable bonds is 5. The quantitative estimate of drug-likeness (QED) is 0.438. The van der Waals surface area contributed by atoms with Gasteiger partial charge in [-0.25, -0.2) is 0 Å². The first-order valence-corrected chi connectivity index (χ1v) is 9.51. The van der Waals surface area contributed by atoms with Crippen LogP contribution in [0.1, 0.15) is 15.9 Å². The topological polar surface area (TPSA) is 108 Å². The Morgan fingerprint density at radius 2 is 1.96 bits per heavy atom. The molecule has 8 nitrogen and oxygen atoms in total. The number of amides is 1. The number of anilines is 1. The van der Waals surface area contributed by atoms with Gasteiger partial charge in [0.15, 0.2) is 0 Å². The average molecular weight is 387 g/mol. The number of benzene rings is 2. The van der Waals surface area contributed by atoms with Gasteiger partial charge < -0.3 is 19.9 Å². The number of carbonyl (C=O) groups is 1. The second-order valence-corrected chi connectivity index (χ2v) is 7.85. The van der Waals surface area contributed by atoms with E-state index in [0.29, 0.717) is 23.3 Å². The standard InChI is InChI=1S/C17H18BN3O5S/c1-21(2)11-19-27(24,25)15-7-4-12(5-8-15)17(22)20-14-6-3-13-10-26-18(23)16(13)9-14/h3-9,11,23H,10H2,1-2H3,(H,20,22)/b19-11+. The molecule has 0 fully saturated rings. The zero-order valence-electron chi connectivity index (χ0n) is 14.8. The van der Waals surface area contributed by atoms with E-state index in [-0.39, 0.29) is 4.90 Å². The molecule has 1 aliphatic rings. The fraction of sp³-hybridized carbons (Fsp3) is 0.176. The third kappa shape index (κ3) is 4.36. The highest BCUT2D eigenvalue weighted by Crippen LogP contribution is 2.17. The van der Waals surface area contributed by atoms with E-state index >= 15 is 0 Å². The van der Waals surface area contributed by atoms with Crippen LogP contribution in [-0.2, 0) is 21.3 Å². The molecule has 0 aromatic heterocycles. The summed E-state index contributed by atoms with van der Waals surface area (Å²) in [6.07, 6.45) is 1.20. The number of sulfonamides is 1. The summed E-state index contributed by atoms with van der Waals surface area (Å²) in [4.78, 5) is 13.9. The van der Waals surface area contributed by atoms with Crippen molar-refractivity contribution >= 4 is 40.5 Å². The summed E-state index contributed by atoms with van der Waals surface area (Å²) >= 11 is 0. The highest BCUT2D eigenvalue weighted by atomic mass is 32.2. The largest absolute Gasteiger partial charge is 0.491 e. The number of fused-ring (bicyclic) bond motifs is 1. The van der Waals surface area contributed by atoms with Gasteiger partial charge in [0.05, 0.1) is 11.5 Å². The Bertz CT molecular complexity index is 990. The lowest BCUT2D eigenvalue weighted by Gasteiger charge is -2.08. The molecule has 0 unspecified atom stereocenters. The minimum absolute atomic E-state index is 0.00467. The normalized spacial score (nSPS) is 13.7. The molecule has 27 heavy (non-hydrogen) atoms. The van der Waals surface area contributed by atoms with Crippen LogP contribution >= 0.6 is 0 Å². The molecule has 0 spiro atoms. The maximum Gasteiger partial charge on any atom is 0.491 e. The minimum Gasteiger partial charge on any atom is -0.423 e. The van der Waals surface area contributed by atoms with E-state index in [1.807, 2.05) is 0 Å². The fourth-order valence-electron chi connectivity index (χ4n) is 2.49. The Labute approximate surface area is 157 Å². The molecule has 0 saturated carbocycles. The van der Waals surface area contributed by atoms with Gasteiger partial charge in [0.2, 0.25) is 0 Å². The summed E-state index contributed by atoms with van der Waals surface area (Å²) in [6.45, 7) is 0.330. The van der Waals surface area contributed by atoms with E-state index < -0.39 is 23.0 Å². The second-order valence-electron chi connectivity index (χ2n) is 6.22. The van der Waals surface area contributed by atoms with Crippen molar-refractivity contribution in [1.82, 2.24) is 4.90 Å². The van der Waals surface area contributed by atoms with Crippen LogP contribution in [0.15, 0.2) is 51.8 Å². The Morgan fingerprint density at radius 1 is 1.26 bits per heavy atom. The van der Waals surface area contributed by atoms with E-state index in [4.69, 9.17) is 4.65 Å². The van der Waals surface area contributed by atoms with Crippen LogP contribution in [0.4, 0.5) is 5.69 Å². The monoisotopic (exact) mass is 387 g/mol. The van der Waals surface area contributed by atoms with Crippen LogP contribution in [0, 0.1) is 0 Å². The van der Waals surface area contributed by atoms with E-state index in [9.17, 15) is 18.2 Å². The predicted octanol–water partition coefficient (Wildman–Crippen LogP) is 0.435. The lowest BCUT2D eigenvalue weighted by Crippen LogP contribution is -2.28. The lowest BCUT2D eigenvalue weighted by atomic mass is 9.79. The molecule has 1 aliphatic heterocycles. The third-order valence-corrected chi connectivity index (χ3v) is 5.14. The first-order valence-electron chi connectivity index (χ1n) is 8.07. The first kappa shape index (κ1) is 19.1. The van der Waals surface area contributed by atoms with Gasteiger partial charge in [0.1, 0.15) is 6.34 Å². The SMILES string of the molecule is CN(C)/C=N/S(=O)(=O)c1ccc(C(=O)Nc2ccc3c(c2)B(O)OC3)cc1. The maximum atomic E-state index is 12.4. The van der Waals surface area contributed by atoms with Crippen LogP contribution in [0.3, 0.4) is 0 Å².